The third-order valence-electron chi connectivity index (χ3n) is 9.30. The van der Waals surface area contributed by atoms with Gasteiger partial charge in [0.05, 0.1) is 6.61 Å². The summed E-state index contributed by atoms with van der Waals surface area (Å²) in [5.41, 5.74) is 1.55. The Bertz CT molecular complexity index is 626. The third-order valence-corrected chi connectivity index (χ3v) is 9.30. The highest BCUT2D eigenvalue weighted by molar-refractivity contribution is 5.29. The van der Waals surface area contributed by atoms with E-state index in [0.717, 1.165) is 47.9 Å². The molecular weight excluding hydrogens is 376 g/mol. The molecule has 0 amide bonds. The summed E-state index contributed by atoms with van der Waals surface area (Å²) in [6.45, 7) is 5.16. The van der Waals surface area contributed by atoms with Crippen LogP contribution in [-0.4, -0.2) is 6.61 Å². The van der Waals surface area contributed by atoms with Crippen molar-refractivity contribution < 1.29 is 4.74 Å². The highest BCUT2D eigenvalue weighted by Gasteiger charge is 2.36. The van der Waals surface area contributed by atoms with Crippen molar-refractivity contribution in [1.82, 2.24) is 0 Å². The molecule has 0 saturated heterocycles. The summed E-state index contributed by atoms with van der Waals surface area (Å²) in [4.78, 5) is 0. The summed E-state index contributed by atoms with van der Waals surface area (Å²) in [6, 6.07) is 9.02. The molecule has 0 aliphatic heterocycles. The average Bonchev–Trinajstić information content (AvgIpc) is 2.82. The molecule has 0 aromatic heterocycles. The second kappa shape index (κ2) is 11.8. The standard InChI is InChI=1S/C30H48O/c1-3-5-6-23-7-9-24(10-8-23)11-12-25-13-14-29-22-28(16-15-27(29)21-25)26-17-19-30(20-18-26)31-4-2/h17-20,23-25,27-29H,3-16,21-22H2,1-2H3. The Labute approximate surface area is 192 Å². The molecule has 174 valence electrons. The molecule has 3 fully saturated rings. The van der Waals surface area contributed by atoms with Gasteiger partial charge in [0.15, 0.2) is 0 Å². The minimum Gasteiger partial charge on any atom is -0.494 e. The van der Waals surface area contributed by atoms with Gasteiger partial charge in [-0.25, -0.2) is 0 Å². The fourth-order valence-corrected chi connectivity index (χ4v) is 7.33. The van der Waals surface area contributed by atoms with Gasteiger partial charge in [0.2, 0.25) is 0 Å². The van der Waals surface area contributed by atoms with Crippen LogP contribution in [0.25, 0.3) is 0 Å². The molecule has 0 N–H and O–H groups in total. The molecule has 4 unspecified atom stereocenters. The first-order valence-corrected chi connectivity index (χ1v) is 14.0. The Balaban J connectivity index is 1.17. The number of benzene rings is 1. The number of hydrogen-bond acceptors (Lipinski definition) is 1. The van der Waals surface area contributed by atoms with Gasteiger partial charge >= 0.3 is 0 Å². The van der Waals surface area contributed by atoms with E-state index in [1.165, 1.54) is 89.9 Å². The van der Waals surface area contributed by atoms with Crippen molar-refractivity contribution in [3.8, 4) is 5.75 Å². The van der Waals surface area contributed by atoms with Crippen molar-refractivity contribution in [2.45, 2.75) is 116 Å². The maximum Gasteiger partial charge on any atom is 0.119 e. The lowest BCUT2D eigenvalue weighted by atomic mass is 9.63. The number of fused-ring (bicyclic) bond motifs is 1. The summed E-state index contributed by atoms with van der Waals surface area (Å²) in [5.74, 6) is 7.01. The summed E-state index contributed by atoms with van der Waals surface area (Å²) in [5, 5.41) is 0. The van der Waals surface area contributed by atoms with E-state index < -0.39 is 0 Å². The van der Waals surface area contributed by atoms with Gasteiger partial charge in [-0.15, -0.1) is 0 Å². The Morgan fingerprint density at radius 2 is 1.29 bits per heavy atom. The molecule has 1 nitrogen and oxygen atoms in total. The molecule has 3 aliphatic rings. The Morgan fingerprint density at radius 3 is 2.00 bits per heavy atom. The van der Waals surface area contributed by atoms with Gasteiger partial charge in [0.1, 0.15) is 5.75 Å². The predicted octanol–water partition coefficient (Wildman–Crippen LogP) is 9.16. The van der Waals surface area contributed by atoms with Crippen molar-refractivity contribution in [3.05, 3.63) is 29.8 Å². The lowest BCUT2D eigenvalue weighted by Gasteiger charge is -2.43. The number of unbranched alkanes of at least 4 members (excludes halogenated alkanes) is 1. The first-order valence-electron chi connectivity index (χ1n) is 14.0. The van der Waals surface area contributed by atoms with Crippen molar-refractivity contribution in [2.75, 3.05) is 6.61 Å². The quantitative estimate of drug-likeness (QED) is 0.384. The predicted molar refractivity (Wildman–Crippen MR) is 133 cm³/mol. The highest BCUT2D eigenvalue weighted by atomic mass is 16.5. The van der Waals surface area contributed by atoms with Crippen LogP contribution in [0.1, 0.15) is 122 Å². The van der Waals surface area contributed by atoms with Gasteiger partial charge in [-0.3, -0.25) is 0 Å². The van der Waals surface area contributed by atoms with Gasteiger partial charge in [-0.2, -0.15) is 0 Å². The molecule has 1 heteroatoms. The van der Waals surface area contributed by atoms with Gasteiger partial charge in [0, 0.05) is 0 Å². The molecule has 3 saturated carbocycles. The smallest absolute Gasteiger partial charge is 0.119 e. The SMILES string of the molecule is CCCCC1CCC(CCC2CCC3CC(c4ccc(OCC)cc4)CCC3C2)CC1. The molecule has 0 spiro atoms. The lowest BCUT2D eigenvalue weighted by Crippen LogP contribution is -2.30. The molecule has 3 aliphatic carbocycles. The van der Waals surface area contributed by atoms with Crippen LogP contribution in [0.5, 0.6) is 5.75 Å². The van der Waals surface area contributed by atoms with E-state index in [1.807, 2.05) is 0 Å². The highest BCUT2D eigenvalue weighted by Crippen LogP contribution is 2.49. The van der Waals surface area contributed by atoms with Crippen molar-refractivity contribution in [3.63, 3.8) is 0 Å². The molecule has 1 aromatic rings. The monoisotopic (exact) mass is 424 g/mol. The second-order valence-corrected chi connectivity index (χ2v) is 11.3. The largest absolute Gasteiger partial charge is 0.494 e. The Morgan fingerprint density at radius 1 is 0.677 bits per heavy atom. The maximum atomic E-state index is 5.63. The fourth-order valence-electron chi connectivity index (χ4n) is 7.33. The number of rotatable bonds is 9. The number of ether oxygens (including phenoxy) is 1. The maximum absolute atomic E-state index is 5.63. The Hall–Kier alpha value is -0.980. The van der Waals surface area contributed by atoms with Gasteiger partial charge in [0.25, 0.3) is 0 Å². The number of hydrogen-bond donors (Lipinski definition) is 0. The molecule has 0 heterocycles. The average molecular weight is 425 g/mol. The zero-order valence-electron chi connectivity index (χ0n) is 20.5. The Kier molecular flexibility index (Phi) is 8.79. The van der Waals surface area contributed by atoms with Crippen LogP contribution in [0, 0.1) is 29.6 Å². The normalized spacial score (nSPS) is 33.6. The lowest BCUT2D eigenvalue weighted by molar-refractivity contribution is 0.108. The molecule has 1 aromatic carbocycles. The topological polar surface area (TPSA) is 9.23 Å². The van der Waals surface area contributed by atoms with Crippen LogP contribution in [0.15, 0.2) is 24.3 Å². The second-order valence-electron chi connectivity index (χ2n) is 11.3. The minimum atomic E-state index is 0.758. The van der Waals surface area contributed by atoms with E-state index >= 15 is 0 Å². The first-order chi connectivity index (χ1) is 15.2. The molecule has 0 radical (unpaired) electrons. The van der Waals surface area contributed by atoms with Gasteiger partial charge in [-0.05, 0) is 92.2 Å². The van der Waals surface area contributed by atoms with Gasteiger partial charge < -0.3 is 4.74 Å². The van der Waals surface area contributed by atoms with Crippen LogP contribution in [0.2, 0.25) is 0 Å². The molecule has 4 atom stereocenters. The van der Waals surface area contributed by atoms with Crippen molar-refractivity contribution in [1.29, 1.82) is 0 Å². The van der Waals surface area contributed by atoms with Crippen LogP contribution < -0.4 is 4.74 Å². The zero-order valence-corrected chi connectivity index (χ0v) is 20.5. The zero-order chi connectivity index (χ0) is 21.5. The summed E-state index contributed by atoms with van der Waals surface area (Å²) in [6.07, 6.45) is 22.5. The first kappa shape index (κ1) is 23.2. The van der Waals surface area contributed by atoms with Crippen LogP contribution in [0.4, 0.5) is 0 Å². The summed E-state index contributed by atoms with van der Waals surface area (Å²) < 4.78 is 5.63. The van der Waals surface area contributed by atoms with Crippen LogP contribution in [0.3, 0.4) is 0 Å². The summed E-state index contributed by atoms with van der Waals surface area (Å²) in [7, 11) is 0. The molecule has 31 heavy (non-hydrogen) atoms. The van der Waals surface area contributed by atoms with E-state index in [2.05, 4.69) is 38.1 Å². The molecule has 0 bridgehead atoms. The minimum absolute atomic E-state index is 0.758. The third kappa shape index (κ3) is 6.52. The fraction of sp³-hybridized carbons (Fsp3) is 0.800. The van der Waals surface area contributed by atoms with E-state index in [1.54, 1.807) is 12.0 Å². The van der Waals surface area contributed by atoms with E-state index in [9.17, 15) is 0 Å². The van der Waals surface area contributed by atoms with E-state index in [0.29, 0.717) is 0 Å². The van der Waals surface area contributed by atoms with Gasteiger partial charge in [-0.1, -0.05) is 83.3 Å². The molecular formula is C30H48O. The van der Waals surface area contributed by atoms with Crippen LogP contribution in [-0.2, 0) is 0 Å². The van der Waals surface area contributed by atoms with E-state index in [-0.39, 0.29) is 0 Å². The summed E-state index contributed by atoms with van der Waals surface area (Å²) >= 11 is 0. The van der Waals surface area contributed by atoms with Crippen molar-refractivity contribution in [2.24, 2.45) is 29.6 Å². The van der Waals surface area contributed by atoms with Crippen LogP contribution >= 0.6 is 0 Å². The van der Waals surface area contributed by atoms with Crippen molar-refractivity contribution >= 4 is 0 Å². The molecule has 4 rings (SSSR count). The van der Waals surface area contributed by atoms with E-state index in [4.69, 9.17) is 4.74 Å².